The highest BCUT2D eigenvalue weighted by Gasteiger charge is 2.11. The van der Waals surface area contributed by atoms with Gasteiger partial charge in [-0.25, -0.2) is 4.98 Å². The molecule has 96 valence electrons. The van der Waals surface area contributed by atoms with Crippen molar-refractivity contribution in [3.8, 4) is 11.8 Å². The molecule has 0 fully saturated rings. The van der Waals surface area contributed by atoms with Gasteiger partial charge < -0.3 is 11.1 Å². The predicted octanol–water partition coefficient (Wildman–Crippen LogP) is 1.31. The molecular weight excluding hydrogens is 226 g/mol. The van der Waals surface area contributed by atoms with E-state index in [0.29, 0.717) is 12.2 Å². The van der Waals surface area contributed by atoms with Gasteiger partial charge in [-0.2, -0.15) is 0 Å². The first-order valence-corrected chi connectivity index (χ1v) is 6.17. The lowest BCUT2D eigenvalue weighted by atomic mass is 10.1. The number of nitrogens with zero attached hydrogens (tertiary/aromatic N) is 1. The Labute approximate surface area is 108 Å². The highest BCUT2D eigenvalue weighted by atomic mass is 16.1. The second kappa shape index (κ2) is 7.46. The molecule has 4 heteroatoms. The molecule has 3 N–H and O–H groups in total. The third-order valence-electron chi connectivity index (χ3n) is 2.65. The van der Waals surface area contributed by atoms with E-state index in [1.807, 2.05) is 13.8 Å². The summed E-state index contributed by atoms with van der Waals surface area (Å²) in [6, 6.07) is 3.66. The molecule has 0 spiro atoms. The topological polar surface area (TPSA) is 68.0 Å². The lowest BCUT2D eigenvalue weighted by Crippen LogP contribution is -2.34. The number of carbonyl (C=O) groups excluding carboxylic acids is 1. The molecule has 0 radical (unpaired) electrons. The molecule has 1 rings (SSSR count). The minimum absolute atomic E-state index is 0.137. The average Bonchev–Trinajstić information content (AvgIpc) is 2.42. The van der Waals surface area contributed by atoms with Crippen molar-refractivity contribution in [2.24, 2.45) is 5.73 Å². The van der Waals surface area contributed by atoms with E-state index in [1.54, 1.807) is 18.3 Å². The SMILES string of the molecule is CCC(CC)NC(=O)c1ccc(C#CCN)cn1. The van der Waals surface area contributed by atoms with Crippen LogP contribution < -0.4 is 11.1 Å². The lowest BCUT2D eigenvalue weighted by molar-refractivity contribution is 0.0930. The Bertz CT molecular complexity index is 438. The smallest absolute Gasteiger partial charge is 0.270 e. The summed E-state index contributed by atoms with van der Waals surface area (Å²) in [6.45, 7) is 4.41. The number of nitrogens with two attached hydrogens (primary N) is 1. The summed E-state index contributed by atoms with van der Waals surface area (Å²) < 4.78 is 0. The maximum Gasteiger partial charge on any atom is 0.270 e. The third-order valence-corrected chi connectivity index (χ3v) is 2.65. The third kappa shape index (κ3) is 4.19. The number of carbonyl (C=O) groups is 1. The fourth-order valence-electron chi connectivity index (χ4n) is 1.51. The van der Waals surface area contributed by atoms with E-state index in [-0.39, 0.29) is 11.9 Å². The van der Waals surface area contributed by atoms with Crippen molar-refractivity contribution in [1.29, 1.82) is 0 Å². The van der Waals surface area contributed by atoms with Crippen molar-refractivity contribution in [2.45, 2.75) is 32.7 Å². The highest BCUT2D eigenvalue weighted by molar-refractivity contribution is 5.92. The van der Waals surface area contributed by atoms with E-state index < -0.39 is 0 Å². The van der Waals surface area contributed by atoms with E-state index in [0.717, 1.165) is 18.4 Å². The summed E-state index contributed by atoms with van der Waals surface area (Å²) in [5, 5.41) is 2.94. The number of aromatic nitrogens is 1. The molecule has 0 saturated heterocycles. The van der Waals surface area contributed by atoms with Crippen molar-refractivity contribution in [2.75, 3.05) is 6.54 Å². The first-order valence-electron chi connectivity index (χ1n) is 6.17. The number of nitrogens with one attached hydrogen (secondary N) is 1. The Morgan fingerprint density at radius 1 is 1.44 bits per heavy atom. The molecule has 0 atom stereocenters. The molecule has 0 aliphatic rings. The van der Waals surface area contributed by atoms with Crippen LogP contribution in [0, 0.1) is 11.8 Å². The predicted molar refractivity (Wildman–Crippen MR) is 72.0 cm³/mol. The van der Waals surface area contributed by atoms with Crippen LogP contribution in [0.25, 0.3) is 0 Å². The molecule has 1 amide bonds. The van der Waals surface area contributed by atoms with Gasteiger partial charge in [-0.3, -0.25) is 4.79 Å². The lowest BCUT2D eigenvalue weighted by Gasteiger charge is -2.13. The van der Waals surface area contributed by atoms with E-state index in [1.165, 1.54) is 0 Å². The minimum atomic E-state index is -0.137. The van der Waals surface area contributed by atoms with Crippen LogP contribution in [0.4, 0.5) is 0 Å². The molecule has 1 aromatic rings. The Balaban J connectivity index is 2.70. The summed E-state index contributed by atoms with van der Waals surface area (Å²) in [6.07, 6.45) is 3.43. The maximum atomic E-state index is 11.9. The van der Waals surface area contributed by atoms with Crippen LogP contribution in [-0.2, 0) is 0 Å². The van der Waals surface area contributed by atoms with Crippen molar-refractivity contribution < 1.29 is 4.79 Å². The normalized spacial score (nSPS) is 9.78. The van der Waals surface area contributed by atoms with Crippen molar-refractivity contribution in [1.82, 2.24) is 10.3 Å². The highest BCUT2D eigenvalue weighted by Crippen LogP contribution is 2.02. The van der Waals surface area contributed by atoms with Gasteiger partial charge in [0.25, 0.3) is 5.91 Å². The largest absolute Gasteiger partial charge is 0.348 e. The van der Waals surface area contributed by atoms with E-state index >= 15 is 0 Å². The quantitative estimate of drug-likeness (QED) is 0.786. The molecule has 1 heterocycles. The average molecular weight is 245 g/mol. The second-order valence-electron chi connectivity index (χ2n) is 3.92. The molecule has 18 heavy (non-hydrogen) atoms. The van der Waals surface area contributed by atoms with Gasteiger partial charge in [0.05, 0.1) is 6.54 Å². The van der Waals surface area contributed by atoms with Gasteiger partial charge in [0.15, 0.2) is 0 Å². The summed E-state index contributed by atoms with van der Waals surface area (Å²) in [4.78, 5) is 16.0. The van der Waals surface area contributed by atoms with Gasteiger partial charge in [-0.05, 0) is 25.0 Å². The molecule has 1 aromatic heterocycles. The summed E-state index contributed by atoms with van der Waals surface area (Å²) in [5.41, 5.74) is 6.46. The van der Waals surface area contributed by atoms with Crippen molar-refractivity contribution >= 4 is 5.91 Å². The van der Waals surface area contributed by atoms with Crippen LogP contribution in [0.3, 0.4) is 0 Å². The Morgan fingerprint density at radius 2 is 2.17 bits per heavy atom. The van der Waals surface area contributed by atoms with Crippen LogP contribution in [0.15, 0.2) is 18.3 Å². The van der Waals surface area contributed by atoms with Gasteiger partial charge in [0.2, 0.25) is 0 Å². The Kier molecular flexibility index (Phi) is 5.89. The monoisotopic (exact) mass is 245 g/mol. The second-order valence-corrected chi connectivity index (χ2v) is 3.92. The summed E-state index contributed by atoms with van der Waals surface area (Å²) >= 11 is 0. The standard InChI is InChI=1S/C14H19N3O/c1-3-12(4-2)17-14(18)13-8-7-11(10-16-13)6-5-9-15/h7-8,10,12H,3-4,9,15H2,1-2H3,(H,17,18). The van der Waals surface area contributed by atoms with Gasteiger partial charge in [-0.1, -0.05) is 25.7 Å². The number of hydrogen-bond acceptors (Lipinski definition) is 3. The Morgan fingerprint density at radius 3 is 2.67 bits per heavy atom. The fourth-order valence-corrected chi connectivity index (χ4v) is 1.51. The zero-order valence-electron chi connectivity index (χ0n) is 10.9. The van der Waals surface area contributed by atoms with Crippen LogP contribution in [0.1, 0.15) is 42.7 Å². The van der Waals surface area contributed by atoms with E-state index in [4.69, 9.17) is 5.73 Å². The molecule has 0 aliphatic carbocycles. The molecule has 0 aliphatic heterocycles. The Hall–Kier alpha value is -1.86. The van der Waals surface area contributed by atoms with Crippen LogP contribution >= 0.6 is 0 Å². The van der Waals surface area contributed by atoms with Gasteiger partial charge in [0.1, 0.15) is 5.69 Å². The van der Waals surface area contributed by atoms with Crippen molar-refractivity contribution in [3.63, 3.8) is 0 Å². The number of hydrogen-bond donors (Lipinski definition) is 2. The van der Waals surface area contributed by atoms with Gasteiger partial charge >= 0.3 is 0 Å². The zero-order valence-corrected chi connectivity index (χ0v) is 10.9. The van der Waals surface area contributed by atoms with Crippen LogP contribution in [-0.4, -0.2) is 23.5 Å². The van der Waals surface area contributed by atoms with Crippen molar-refractivity contribution in [3.05, 3.63) is 29.6 Å². The molecule has 0 saturated carbocycles. The minimum Gasteiger partial charge on any atom is -0.348 e. The molecule has 4 nitrogen and oxygen atoms in total. The van der Waals surface area contributed by atoms with Gasteiger partial charge in [-0.15, -0.1) is 0 Å². The van der Waals surface area contributed by atoms with Crippen LogP contribution in [0.2, 0.25) is 0 Å². The van der Waals surface area contributed by atoms with Crippen LogP contribution in [0.5, 0.6) is 0 Å². The summed E-state index contributed by atoms with van der Waals surface area (Å²) in [7, 11) is 0. The molecule has 0 aromatic carbocycles. The van der Waals surface area contributed by atoms with Gasteiger partial charge in [0, 0.05) is 17.8 Å². The molecule has 0 bridgehead atoms. The number of pyridine rings is 1. The van der Waals surface area contributed by atoms with E-state index in [2.05, 4.69) is 22.1 Å². The maximum absolute atomic E-state index is 11.9. The first-order chi connectivity index (χ1) is 8.71. The van der Waals surface area contributed by atoms with E-state index in [9.17, 15) is 4.79 Å². The fraction of sp³-hybridized carbons (Fsp3) is 0.429. The number of rotatable bonds is 4. The molecule has 0 unspecified atom stereocenters. The number of amides is 1. The molecular formula is C14H19N3O. The zero-order chi connectivity index (χ0) is 13.4. The summed E-state index contributed by atoms with van der Waals surface area (Å²) in [5.74, 6) is 5.47. The first kappa shape index (κ1) is 14.2.